The van der Waals surface area contributed by atoms with E-state index >= 15 is 0 Å². The summed E-state index contributed by atoms with van der Waals surface area (Å²) in [5, 5.41) is 20.2. The molecule has 2 aromatic rings. The van der Waals surface area contributed by atoms with Gasteiger partial charge >= 0.3 is 0 Å². The van der Waals surface area contributed by atoms with Crippen LogP contribution in [0.25, 0.3) is 11.5 Å². The molecule has 0 saturated carbocycles. The molecular formula is C18H21N3O4. The summed E-state index contributed by atoms with van der Waals surface area (Å²) in [6, 6.07) is 4.63. The van der Waals surface area contributed by atoms with Gasteiger partial charge in [0.05, 0.1) is 17.9 Å². The maximum atomic E-state index is 11.1. The van der Waals surface area contributed by atoms with Crippen LogP contribution in [0.1, 0.15) is 24.5 Å². The minimum atomic E-state index is -0.439. The second kappa shape index (κ2) is 8.79. The molecule has 1 N–H and O–H groups in total. The molecule has 0 aliphatic carbocycles. The van der Waals surface area contributed by atoms with Crippen LogP contribution in [0.4, 0.5) is 5.69 Å². The van der Waals surface area contributed by atoms with Gasteiger partial charge in [0.25, 0.3) is 5.69 Å². The predicted octanol–water partition coefficient (Wildman–Crippen LogP) is 3.40. The smallest absolute Gasteiger partial charge is 0.270 e. The van der Waals surface area contributed by atoms with Crippen LogP contribution < -0.4 is 0 Å². The molecule has 0 unspecified atom stereocenters. The summed E-state index contributed by atoms with van der Waals surface area (Å²) in [4.78, 5) is 14.7. The van der Waals surface area contributed by atoms with Gasteiger partial charge < -0.3 is 14.4 Å². The fourth-order valence-corrected chi connectivity index (χ4v) is 2.34. The molecule has 1 aromatic heterocycles. The van der Waals surface area contributed by atoms with Crippen molar-refractivity contribution in [2.24, 2.45) is 0 Å². The number of aryl methyl sites for hydroxylation is 1. The van der Waals surface area contributed by atoms with Gasteiger partial charge in [0.1, 0.15) is 12.4 Å². The van der Waals surface area contributed by atoms with Crippen molar-refractivity contribution in [3.05, 3.63) is 70.3 Å². The van der Waals surface area contributed by atoms with E-state index in [2.05, 4.69) is 4.98 Å². The molecule has 2 rings (SSSR count). The van der Waals surface area contributed by atoms with Crippen LogP contribution in [-0.2, 0) is 4.74 Å². The number of aromatic nitrogens is 2. The van der Waals surface area contributed by atoms with Crippen molar-refractivity contribution in [3.8, 4) is 0 Å². The van der Waals surface area contributed by atoms with Gasteiger partial charge in [0.2, 0.25) is 0 Å². The first kappa shape index (κ1) is 18.4. The number of ether oxygens (including phenoxy) is 1. The van der Waals surface area contributed by atoms with Crippen molar-refractivity contribution in [2.75, 3.05) is 13.2 Å². The highest BCUT2D eigenvalue weighted by Crippen LogP contribution is 2.27. The number of nitro benzene ring substituents is 1. The fraction of sp³-hybridized carbons (Fsp3) is 0.278. The molecule has 7 heteroatoms. The molecule has 0 aliphatic rings. The normalized spacial score (nSPS) is 12.3. The Bertz CT molecular complexity index is 780. The number of imidazole rings is 1. The zero-order valence-electron chi connectivity index (χ0n) is 14.3. The minimum Gasteiger partial charge on any atom is -0.490 e. The van der Waals surface area contributed by atoms with Gasteiger partial charge in [-0.2, -0.15) is 0 Å². The zero-order valence-corrected chi connectivity index (χ0v) is 14.3. The summed E-state index contributed by atoms with van der Waals surface area (Å²) in [6.07, 6.45) is 9.74. The lowest BCUT2D eigenvalue weighted by Gasteiger charge is -2.14. The summed E-state index contributed by atoms with van der Waals surface area (Å²) >= 11 is 0. The lowest BCUT2D eigenvalue weighted by molar-refractivity contribution is -0.384. The number of hydrogen-bond donors (Lipinski definition) is 1. The summed E-state index contributed by atoms with van der Waals surface area (Å²) in [6.45, 7) is 3.81. The van der Waals surface area contributed by atoms with Crippen LogP contribution in [0.2, 0.25) is 0 Å². The third kappa shape index (κ3) is 4.77. The third-order valence-electron chi connectivity index (χ3n) is 3.54. The van der Waals surface area contributed by atoms with E-state index < -0.39 is 4.92 Å². The van der Waals surface area contributed by atoms with Gasteiger partial charge in [-0.1, -0.05) is 19.1 Å². The maximum absolute atomic E-state index is 11.1. The SMILES string of the molecule is CC/C=C(/C=C(/OCCO)c1cc([N+](=O)[O-])ccc1C)n1ccnc1. The average Bonchev–Trinajstić information content (AvgIpc) is 3.12. The molecule has 1 heterocycles. The average molecular weight is 343 g/mol. The van der Waals surface area contributed by atoms with Crippen molar-refractivity contribution in [1.29, 1.82) is 0 Å². The Labute approximate surface area is 146 Å². The van der Waals surface area contributed by atoms with Crippen molar-refractivity contribution < 1.29 is 14.8 Å². The molecule has 1 aromatic carbocycles. The molecule has 0 spiro atoms. The molecule has 0 radical (unpaired) electrons. The monoisotopic (exact) mass is 343 g/mol. The van der Waals surface area contributed by atoms with E-state index in [4.69, 9.17) is 9.84 Å². The molecule has 0 saturated heterocycles. The first-order valence-electron chi connectivity index (χ1n) is 7.96. The molecule has 132 valence electrons. The number of hydrogen-bond acceptors (Lipinski definition) is 5. The van der Waals surface area contributed by atoms with Gasteiger partial charge in [-0.05, 0) is 18.9 Å². The number of aliphatic hydroxyl groups is 1. The second-order valence-corrected chi connectivity index (χ2v) is 5.34. The largest absolute Gasteiger partial charge is 0.490 e. The van der Waals surface area contributed by atoms with Crippen LogP contribution in [-0.4, -0.2) is 32.8 Å². The number of nitrogens with zero attached hydrogens (tertiary/aromatic N) is 3. The lowest BCUT2D eigenvalue weighted by Crippen LogP contribution is -2.03. The molecular weight excluding hydrogens is 322 g/mol. The summed E-state index contributed by atoms with van der Waals surface area (Å²) < 4.78 is 7.51. The Kier molecular flexibility index (Phi) is 6.47. The van der Waals surface area contributed by atoms with E-state index in [0.29, 0.717) is 11.3 Å². The van der Waals surface area contributed by atoms with Crippen LogP contribution in [0.3, 0.4) is 0 Å². The highest BCUT2D eigenvalue weighted by molar-refractivity contribution is 5.75. The van der Waals surface area contributed by atoms with Gasteiger partial charge in [-0.3, -0.25) is 10.1 Å². The summed E-state index contributed by atoms with van der Waals surface area (Å²) in [7, 11) is 0. The molecule has 7 nitrogen and oxygen atoms in total. The molecule has 0 aliphatic heterocycles. The Hall–Kier alpha value is -2.93. The molecule has 0 atom stereocenters. The van der Waals surface area contributed by atoms with E-state index in [9.17, 15) is 10.1 Å². The second-order valence-electron chi connectivity index (χ2n) is 5.34. The van der Waals surface area contributed by atoms with E-state index in [1.54, 1.807) is 24.7 Å². The Balaban J connectivity index is 2.53. The molecule has 0 amide bonds. The van der Waals surface area contributed by atoms with E-state index in [0.717, 1.165) is 17.7 Å². The zero-order chi connectivity index (χ0) is 18.2. The van der Waals surface area contributed by atoms with Crippen LogP contribution in [0.5, 0.6) is 0 Å². The number of aliphatic hydroxyl groups excluding tert-OH is 1. The number of allylic oxidation sites excluding steroid dienone is 3. The lowest BCUT2D eigenvalue weighted by atomic mass is 10.0. The molecule has 25 heavy (non-hydrogen) atoms. The summed E-state index contributed by atoms with van der Waals surface area (Å²) in [5.74, 6) is 0.462. The maximum Gasteiger partial charge on any atom is 0.270 e. The topological polar surface area (TPSA) is 90.4 Å². The van der Waals surface area contributed by atoms with Crippen LogP contribution in [0.15, 0.2) is 49.1 Å². The van der Waals surface area contributed by atoms with Crippen molar-refractivity contribution in [1.82, 2.24) is 9.55 Å². The van der Waals surface area contributed by atoms with Crippen molar-refractivity contribution >= 4 is 17.1 Å². The van der Waals surface area contributed by atoms with E-state index in [-0.39, 0.29) is 18.9 Å². The number of non-ortho nitro benzene ring substituents is 1. The predicted molar refractivity (Wildman–Crippen MR) is 95.6 cm³/mol. The number of nitro groups is 1. The third-order valence-corrected chi connectivity index (χ3v) is 3.54. The van der Waals surface area contributed by atoms with Crippen molar-refractivity contribution in [3.63, 3.8) is 0 Å². The quantitative estimate of drug-likeness (QED) is 0.343. The first-order valence-corrected chi connectivity index (χ1v) is 7.96. The van der Waals surface area contributed by atoms with Crippen molar-refractivity contribution in [2.45, 2.75) is 20.3 Å². The Morgan fingerprint density at radius 3 is 2.88 bits per heavy atom. The standard InChI is InChI=1S/C18H21N3O4/c1-3-4-15(20-8-7-19-13-20)12-18(25-10-9-22)17-11-16(21(23)24)6-5-14(17)2/h4-8,11-13,22H,3,9-10H2,1-2H3/b15-4-,18-12+. The summed E-state index contributed by atoms with van der Waals surface area (Å²) in [5.41, 5.74) is 2.28. The highest BCUT2D eigenvalue weighted by atomic mass is 16.6. The van der Waals surface area contributed by atoms with Crippen LogP contribution in [0, 0.1) is 17.0 Å². The van der Waals surface area contributed by atoms with Gasteiger partial charge in [0.15, 0.2) is 0 Å². The van der Waals surface area contributed by atoms with E-state index in [1.165, 1.54) is 12.1 Å². The van der Waals surface area contributed by atoms with Gasteiger partial charge in [-0.25, -0.2) is 4.98 Å². The van der Waals surface area contributed by atoms with E-state index in [1.807, 2.05) is 30.7 Å². The number of rotatable bonds is 8. The Morgan fingerprint density at radius 2 is 2.28 bits per heavy atom. The van der Waals surface area contributed by atoms with Gasteiger partial charge in [-0.15, -0.1) is 0 Å². The molecule has 0 fully saturated rings. The number of benzene rings is 1. The highest BCUT2D eigenvalue weighted by Gasteiger charge is 2.14. The van der Waals surface area contributed by atoms with Crippen LogP contribution >= 0.6 is 0 Å². The fourth-order valence-electron chi connectivity index (χ4n) is 2.34. The Morgan fingerprint density at radius 1 is 1.48 bits per heavy atom. The van der Waals surface area contributed by atoms with Gasteiger partial charge in [0, 0.05) is 41.9 Å². The minimum absolute atomic E-state index is 0.0113. The molecule has 0 bridgehead atoms. The first-order chi connectivity index (χ1) is 12.1.